The van der Waals surface area contributed by atoms with E-state index in [1.54, 1.807) is 14.2 Å². The van der Waals surface area contributed by atoms with Crippen molar-refractivity contribution in [2.75, 3.05) is 26.1 Å². The molecule has 0 radical (unpaired) electrons. The molecule has 2 aromatic rings. The van der Waals surface area contributed by atoms with Crippen LogP contribution in [0.15, 0.2) is 42.5 Å². The fourth-order valence-electron chi connectivity index (χ4n) is 3.66. The summed E-state index contributed by atoms with van der Waals surface area (Å²) in [5, 5.41) is 2.73. The number of rotatable bonds is 6. The van der Waals surface area contributed by atoms with Gasteiger partial charge in [-0.3, -0.25) is 9.59 Å². The highest BCUT2D eigenvalue weighted by atomic mass is 16.5. The highest BCUT2D eigenvalue weighted by Crippen LogP contribution is 2.37. The molecule has 1 N–H and O–H groups in total. The van der Waals surface area contributed by atoms with Crippen molar-refractivity contribution >= 4 is 17.5 Å². The van der Waals surface area contributed by atoms with E-state index < -0.39 is 0 Å². The summed E-state index contributed by atoms with van der Waals surface area (Å²) in [6.45, 7) is 2.22. The smallest absolute Gasteiger partial charge is 0.227 e. The molecule has 0 aromatic heterocycles. The normalized spacial score (nSPS) is 16.0. The summed E-state index contributed by atoms with van der Waals surface area (Å²) in [5.74, 6) is 1.34. The van der Waals surface area contributed by atoms with Gasteiger partial charge in [0.2, 0.25) is 11.8 Å². The van der Waals surface area contributed by atoms with Crippen LogP contribution < -0.4 is 14.8 Å². The second-order valence-electron chi connectivity index (χ2n) is 6.91. The molecule has 2 aromatic carbocycles. The lowest BCUT2D eigenvalue weighted by Crippen LogP contribution is -2.31. The maximum atomic E-state index is 12.9. The third-order valence-corrected chi connectivity index (χ3v) is 5.00. The fraction of sp³-hybridized carbons (Fsp3) is 0.364. The van der Waals surface area contributed by atoms with Crippen molar-refractivity contribution in [1.29, 1.82) is 0 Å². The molecule has 0 spiro atoms. The number of hydrogen-bond acceptors (Lipinski definition) is 4. The third kappa shape index (κ3) is 4.44. The van der Waals surface area contributed by atoms with Gasteiger partial charge in [0.25, 0.3) is 0 Å². The maximum absolute atomic E-state index is 12.9. The lowest BCUT2D eigenvalue weighted by molar-refractivity contribution is -0.131. The molecule has 0 aliphatic carbocycles. The van der Waals surface area contributed by atoms with Crippen LogP contribution in [0.4, 0.5) is 5.69 Å². The van der Waals surface area contributed by atoms with Gasteiger partial charge in [-0.25, -0.2) is 0 Å². The molecule has 6 nitrogen and oxygen atoms in total. The summed E-state index contributed by atoms with van der Waals surface area (Å²) in [6, 6.07) is 13.3. The highest BCUT2D eigenvalue weighted by Gasteiger charge is 2.30. The van der Waals surface area contributed by atoms with E-state index in [0.29, 0.717) is 17.9 Å². The lowest BCUT2D eigenvalue weighted by atomic mass is 10.0. The van der Waals surface area contributed by atoms with E-state index in [9.17, 15) is 9.59 Å². The Labute approximate surface area is 165 Å². The van der Waals surface area contributed by atoms with Crippen LogP contribution in [0.3, 0.4) is 0 Å². The van der Waals surface area contributed by atoms with Gasteiger partial charge in [-0.2, -0.15) is 0 Å². The van der Waals surface area contributed by atoms with E-state index in [0.717, 1.165) is 36.2 Å². The third-order valence-electron chi connectivity index (χ3n) is 5.00. The maximum Gasteiger partial charge on any atom is 0.227 e. The Balaban J connectivity index is 1.72. The highest BCUT2D eigenvalue weighted by molar-refractivity contribution is 5.88. The summed E-state index contributed by atoms with van der Waals surface area (Å²) >= 11 is 0. The Morgan fingerprint density at radius 3 is 2.43 bits per heavy atom. The van der Waals surface area contributed by atoms with Crippen LogP contribution in [0, 0.1) is 0 Å². The molecule has 0 saturated carbocycles. The average molecular weight is 382 g/mol. The monoisotopic (exact) mass is 382 g/mol. The number of hydrogen-bond donors (Lipinski definition) is 1. The van der Waals surface area contributed by atoms with Gasteiger partial charge in [-0.1, -0.05) is 18.2 Å². The van der Waals surface area contributed by atoms with Gasteiger partial charge in [0.1, 0.15) is 0 Å². The quantitative estimate of drug-likeness (QED) is 0.829. The van der Waals surface area contributed by atoms with Crippen molar-refractivity contribution in [3.63, 3.8) is 0 Å². The SMILES string of the molecule is COc1ccc(C2CCCN2C(=O)Cc2ccc(NC(C)=O)cc2)cc1OC. The topological polar surface area (TPSA) is 67.9 Å². The summed E-state index contributed by atoms with van der Waals surface area (Å²) in [7, 11) is 3.23. The zero-order valence-corrected chi connectivity index (χ0v) is 16.5. The molecular weight excluding hydrogens is 356 g/mol. The lowest BCUT2D eigenvalue weighted by Gasteiger charge is -2.26. The van der Waals surface area contributed by atoms with Crippen molar-refractivity contribution in [3.8, 4) is 11.5 Å². The van der Waals surface area contributed by atoms with Gasteiger partial charge >= 0.3 is 0 Å². The van der Waals surface area contributed by atoms with Gasteiger partial charge < -0.3 is 19.7 Å². The molecule has 0 bridgehead atoms. The average Bonchev–Trinajstić information content (AvgIpc) is 3.18. The van der Waals surface area contributed by atoms with Gasteiger partial charge in [0.15, 0.2) is 11.5 Å². The zero-order chi connectivity index (χ0) is 20.1. The summed E-state index contributed by atoms with van der Waals surface area (Å²) in [5.41, 5.74) is 2.72. The minimum atomic E-state index is -0.112. The molecule has 6 heteroatoms. The van der Waals surface area contributed by atoms with Gasteiger partial charge in [0, 0.05) is 19.2 Å². The summed E-state index contributed by atoms with van der Waals surface area (Å²) < 4.78 is 10.7. The Kier molecular flexibility index (Phi) is 6.19. The first-order chi connectivity index (χ1) is 13.5. The Morgan fingerprint density at radius 1 is 1.07 bits per heavy atom. The number of nitrogens with one attached hydrogen (secondary N) is 1. The Morgan fingerprint density at radius 2 is 1.79 bits per heavy atom. The number of amides is 2. The number of methoxy groups -OCH3 is 2. The van der Waals surface area contributed by atoms with E-state index in [1.807, 2.05) is 47.4 Å². The number of carbonyl (C=O) groups is 2. The van der Waals surface area contributed by atoms with E-state index in [2.05, 4.69) is 5.32 Å². The Bertz CT molecular complexity index is 848. The van der Waals surface area contributed by atoms with E-state index in [-0.39, 0.29) is 17.9 Å². The van der Waals surface area contributed by atoms with Crippen molar-refractivity contribution in [2.45, 2.75) is 32.2 Å². The molecule has 1 unspecified atom stereocenters. The number of benzene rings is 2. The molecule has 1 saturated heterocycles. The minimum absolute atomic E-state index is 0.0472. The molecule has 1 atom stereocenters. The molecule has 148 valence electrons. The van der Waals surface area contributed by atoms with Gasteiger partial charge in [-0.05, 0) is 48.2 Å². The van der Waals surface area contributed by atoms with Crippen LogP contribution >= 0.6 is 0 Å². The van der Waals surface area contributed by atoms with E-state index >= 15 is 0 Å². The van der Waals surface area contributed by atoms with Crippen LogP contribution in [0.25, 0.3) is 0 Å². The molecule has 3 rings (SSSR count). The van der Waals surface area contributed by atoms with Crippen LogP contribution in [0.1, 0.15) is 36.9 Å². The standard InChI is InChI=1S/C22H26N2O4/c1-15(25)23-18-9-6-16(7-10-18)13-22(26)24-12-4-5-19(24)17-8-11-20(27-2)21(14-17)28-3/h6-11,14,19H,4-5,12-13H2,1-3H3,(H,23,25). The first-order valence-corrected chi connectivity index (χ1v) is 9.39. The number of nitrogens with zero attached hydrogens (tertiary/aromatic N) is 1. The number of anilines is 1. The Hall–Kier alpha value is -3.02. The summed E-state index contributed by atoms with van der Waals surface area (Å²) in [4.78, 5) is 26.0. The van der Waals surface area contributed by atoms with Crippen molar-refractivity contribution in [2.24, 2.45) is 0 Å². The molecular formula is C22H26N2O4. The van der Waals surface area contributed by atoms with Crippen LogP contribution in [0.2, 0.25) is 0 Å². The zero-order valence-electron chi connectivity index (χ0n) is 16.5. The van der Waals surface area contributed by atoms with Crippen LogP contribution in [0.5, 0.6) is 11.5 Å². The van der Waals surface area contributed by atoms with Crippen molar-refractivity contribution in [1.82, 2.24) is 4.90 Å². The number of likely N-dealkylation sites (tertiary alicyclic amines) is 1. The van der Waals surface area contributed by atoms with Crippen LogP contribution in [-0.2, 0) is 16.0 Å². The number of carbonyl (C=O) groups excluding carboxylic acids is 2. The van der Waals surface area contributed by atoms with Crippen molar-refractivity contribution < 1.29 is 19.1 Å². The van der Waals surface area contributed by atoms with Gasteiger partial charge in [0.05, 0.1) is 26.7 Å². The van der Waals surface area contributed by atoms with E-state index in [1.165, 1.54) is 6.92 Å². The summed E-state index contributed by atoms with van der Waals surface area (Å²) in [6.07, 6.45) is 2.25. The molecule has 28 heavy (non-hydrogen) atoms. The number of ether oxygens (including phenoxy) is 2. The van der Waals surface area contributed by atoms with Gasteiger partial charge in [-0.15, -0.1) is 0 Å². The predicted molar refractivity (Wildman–Crippen MR) is 108 cm³/mol. The first-order valence-electron chi connectivity index (χ1n) is 9.39. The van der Waals surface area contributed by atoms with Crippen molar-refractivity contribution in [3.05, 3.63) is 53.6 Å². The predicted octanol–water partition coefficient (Wildman–Crippen LogP) is 3.57. The van der Waals surface area contributed by atoms with E-state index in [4.69, 9.17) is 9.47 Å². The fourth-order valence-corrected chi connectivity index (χ4v) is 3.66. The molecule has 1 aliphatic rings. The molecule has 1 fully saturated rings. The second-order valence-corrected chi connectivity index (χ2v) is 6.91. The molecule has 2 amide bonds. The molecule has 1 aliphatic heterocycles. The van der Waals surface area contributed by atoms with Crippen LogP contribution in [-0.4, -0.2) is 37.5 Å². The second kappa shape index (κ2) is 8.78. The first kappa shape index (κ1) is 19.7. The minimum Gasteiger partial charge on any atom is -0.493 e. The largest absolute Gasteiger partial charge is 0.493 e. The molecule has 1 heterocycles.